The van der Waals surface area contributed by atoms with Crippen LogP contribution in [-0.4, -0.2) is 40.5 Å². The number of nitrogens with zero attached hydrogens (tertiary/aromatic N) is 3. The van der Waals surface area contributed by atoms with E-state index in [4.69, 9.17) is 22.1 Å². The Labute approximate surface area is 151 Å². The van der Waals surface area contributed by atoms with E-state index in [0.717, 1.165) is 11.1 Å². The van der Waals surface area contributed by atoms with Gasteiger partial charge in [0.05, 0.1) is 24.4 Å². The third kappa shape index (κ3) is 3.36. The van der Waals surface area contributed by atoms with E-state index in [1.165, 1.54) is 6.08 Å². The van der Waals surface area contributed by atoms with Gasteiger partial charge in [-0.05, 0) is 42.8 Å². The summed E-state index contributed by atoms with van der Waals surface area (Å²) in [6.45, 7) is 6.91. The first-order valence-corrected chi connectivity index (χ1v) is 8.23. The highest BCUT2D eigenvalue weighted by Gasteiger charge is 2.39. The van der Waals surface area contributed by atoms with Crippen molar-refractivity contribution < 1.29 is 9.53 Å². The largest absolute Gasteiger partial charge is 0.377 e. The number of hydrogen-bond acceptors (Lipinski definition) is 5. The van der Waals surface area contributed by atoms with Gasteiger partial charge in [0.1, 0.15) is 0 Å². The summed E-state index contributed by atoms with van der Waals surface area (Å²) in [5.41, 5.74) is 7.36. The summed E-state index contributed by atoms with van der Waals surface area (Å²) in [5.74, 6) is 0.0494. The van der Waals surface area contributed by atoms with E-state index < -0.39 is 5.54 Å². The minimum absolute atomic E-state index is 0.140. The van der Waals surface area contributed by atoms with E-state index in [9.17, 15) is 4.79 Å². The zero-order valence-electron chi connectivity index (χ0n) is 13.9. The number of aromatic nitrogens is 2. The molecule has 130 valence electrons. The first kappa shape index (κ1) is 17.4. The second-order valence-electron chi connectivity index (χ2n) is 6.05. The molecular weight excluding hydrogens is 340 g/mol. The Morgan fingerprint density at radius 2 is 2.28 bits per heavy atom. The molecule has 1 aromatic carbocycles. The molecule has 2 aromatic rings. The van der Waals surface area contributed by atoms with Crippen LogP contribution in [0.4, 0.5) is 5.95 Å². The lowest BCUT2D eigenvalue weighted by Crippen LogP contribution is -2.54. The molecule has 1 amide bonds. The van der Waals surface area contributed by atoms with Crippen molar-refractivity contribution in [3.63, 3.8) is 0 Å². The summed E-state index contributed by atoms with van der Waals surface area (Å²) in [7, 11) is 0. The molecule has 1 aromatic heterocycles. The number of rotatable bonds is 3. The van der Waals surface area contributed by atoms with Gasteiger partial charge >= 0.3 is 0 Å². The zero-order chi connectivity index (χ0) is 18.0. The second-order valence-corrected chi connectivity index (χ2v) is 6.49. The van der Waals surface area contributed by atoms with E-state index in [0.29, 0.717) is 30.5 Å². The van der Waals surface area contributed by atoms with Crippen LogP contribution in [0.3, 0.4) is 0 Å². The lowest BCUT2D eigenvalue weighted by atomic mass is 9.88. The number of anilines is 1. The van der Waals surface area contributed by atoms with Crippen LogP contribution in [0.25, 0.3) is 11.3 Å². The van der Waals surface area contributed by atoms with E-state index >= 15 is 0 Å². The smallest absolute Gasteiger partial charge is 0.246 e. The summed E-state index contributed by atoms with van der Waals surface area (Å²) in [6, 6.07) is 7.36. The average molecular weight is 359 g/mol. The third-order valence-corrected chi connectivity index (χ3v) is 4.59. The number of carbonyl (C=O) groups is 1. The fourth-order valence-corrected chi connectivity index (χ4v) is 3.27. The number of halogens is 1. The number of benzene rings is 1. The third-order valence-electron chi connectivity index (χ3n) is 4.37. The SMILES string of the molecule is C=CC(=O)N1CCOCC1(C)c1cc(Cl)cc(-c2ccnc(N)n2)c1. The molecule has 1 saturated heterocycles. The molecule has 3 rings (SSSR count). The standard InChI is InChI=1S/C18H19ClN4O2/c1-3-16(24)23-6-7-25-11-18(23,2)13-8-12(9-14(19)10-13)15-4-5-21-17(20)22-15/h3-5,8-10H,1,6-7,11H2,2H3,(H2,20,21,22). The molecule has 0 aliphatic carbocycles. The van der Waals surface area contributed by atoms with Crippen molar-refractivity contribution in [1.29, 1.82) is 0 Å². The molecule has 7 heteroatoms. The Kier molecular flexibility index (Phi) is 4.74. The van der Waals surface area contributed by atoms with Crippen molar-refractivity contribution in [3.8, 4) is 11.3 Å². The minimum atomic E-state index is -0.651. The molecule has 0 saturated carbocycles. The number of carbonyl (C=O) groups excluding carboxylic acids is 1. The van der Waals surface area contributed by atoms with Crippen LogP contribution in [0, 0.1) is 0 Å². The van der Waals surface area contributed by atoms with Crippen molar-refractivity contribution >= 4 is 23.5 Å². The van der Waals surface area contributed by atoms with Crippen molar-refractivity contribution in [2.45, 2.75) is 12.5 Å². The molecule has 1 fully saturated rings. The Bertz CT molecular complexity index is 826. The number of ether oxygens (including phenoxy) is 1. The Morgan fingerprint density at radius 1 is 1.48 bits per heavy atom. The van der Waals surface area contributed by atoms with Crippen molar-refractivity contribution in [3.05, 3.63) is 53.7 Å². The van der Waals surface area contributed by atoms with E-state index in [1.54, 1.807) is 23.2 Å². The second kappa shape index (κ2) is 6.82. The van der Waals surface area contributed by atoms with Gasteiger partial charge in [0.2, 0.25) is 11.9 Å². The highest BCUT2D eigenvalue weighted by Crippen LogP contribution is 2.35. The average Bonchev–Trinajstić information content (AvgIpc) is 2.61. The fourth-order valence-electron chi connectivity index (χ4n) is 3.04. The van der Waals surface area contributed by atoms with E-state index in [-0.39, 0.29) is 11.9 Å². The lowest BCUT2D eigenvalue weighted by molar-refractivity contribution is -0.143. The molecule has 2 N–H and O–H groups in total. The van der Waals surface area contributed by atoms with Crippen LogP contribution >= 0.6 is 11.6 Å². The van der Waals surface area contributed by atoms with Crippen LogP contribution in [0.2, 0.25) is 5.02 Å². The summed E-state index contributed by atoms with van der Waals surface area (Å²) in [4.78, 5) is 22.2. The van der Waals surface area contributed by atoms with E-state index in [2.05, 4.69) is 16.5 Å². The molecule has 1 unspecified atom stereocenters. The fraction of sp³-hybridized carbons (Fsp3) is 0.278. The Hall–Kier alpha value is -2.44. The molecule has 0 spiro atoms. The molecular formula is C18H19ClN4O2. The van der Waals surface area contributed by atoms with Gasteiger partial charge in [0, 0.05) is 23.3 Å². The van der Waals surface area contributed by atoms with Crippen molar-refractivity contribution in [1.82, 2.24) is 14.9 Å². The minimum Gasteiger partial charge on any atom is -0.377 e. The maximum atomic E-state index is 12.3. The van der Waals surface area contributed by atoms with Gasteiger partial charge < -0.3 is 15.4 Å². The zero-order valence-corrected chi connectivity index (χ0v) is 14.7. The Balaban J connectivity index is 2.09. The molecule has 25 heavy (non-hydrogen) atoms. The molecule has 1 aliphatic heterocycles. The Morgan fingerprint density at radius 3 is 3.00 bits per heavy atom. The summed E-state index contributed by atoms with van der Waals surface area (Å²) in [5, 5.41) is 0.544. The lowest BCUT2D eigenvalue weighted by Gasteiger charge is -2.44. The monoisotopic (exact) mass is 358 g/mol. The van der Waals surface area contributed by atoms with Gasteiger partial charge in [-0.3, -0.25) is 4.79 Å². The first-order valence-electron chi connectivity index (χ1n) is 7.86. The number of amides is 1. The summed E-state index contributed by atoms with van der Waals surface area (Å²) in [6.07, 6.45) is 2.91. The predicted octanol–water partition coefficient (Wildman–Crippen LogP) is 2.64. The normalized spacial score (nSPS) is 20.3. The highest BCUT2D eigenvalue weighted by atomic mass is 35.5. The predicted molar refractivity (Wildman–Crippen MR) is 97.0 cm³/mol. The first-order chi connectivity index (χ1) is 11.9. The number of nitrogens with two attached hydrogens (primary N) is 1. The number of hydrogen-bond donors (Lipinski definition) is 1. The van der Waals surface area contributed by atoms with Crippen LogP contribution in [0.1, 0.15) is 12.5 Å². The van der Waals surface area contributed by atoms with Gasteiger partial charge in [-0.15, -0.1) is 0 Å². The van der Waals surface area contributed by atoms with Crippen molar-refractivity contribution in [2.24, 2.45) is 0 Å². The molecule has 6 nitrogen and oxygen atoms in total. The number of nitrogen functional groups attached to an aromatic ring is 1. The van der Waals surface area contributed by atoms with Gasteiger partial charge in [-0.25, -0.2) is 9.97 Å². The highest BCUT2D eigenvalue weighted by molar-refractivity contribution is 6.31. The molecule has 1 atom stereocenters. The molecule has 2 heterocycles. The number of morpholine rings is 1. The maximum Gasteiger partial charge on any atom is 0.246 e. The van der Waals surface area contributed by atoms with Gasteiger partial charge in [-0.1, -0.05) is 18.2 Å². The van der Waals surface area contributed by atoms with Crippen LogP contribution in [0.5, 0.6) is 0 Å². The topological polar surface area (TPSA) is 81.3 Å². The van der Waals surface area contributed by atoms with Crippen molar-refractivity contribution in [2.75, 3.05) is 25.5 Å². The molecule has 1 aliphatic rings. The summed E-state index contributed by atoms with van der Waals surface area (Å²) < 4.78 is 5.65. The van der Waals surface area contributed by atoms with Crippen LogP contribution in [-0.2, 0) is 15.1 Å². The van der Waals surface area contributed by atoms with Crippen LogP contribution in [0.15, 0.2) is 43.1 Å². The molecule has 0 bridgehead atoms. The van der Waals surface area contributed by atoms with Gasteiger partial charge in [-0.2, -0.15) is 0 Å². The van der Waals surface area contributed by atoms with Gasteiger partial charge in [0.25, 0.3) is 0 Å². The summed E-state index contributed by atoms with van der Waals surface area (Å²) >= 11 is 6.34. The molecule has 0 radical (unpaired) electrons. The quantitative estimate of drug-likeness (QED) is 0.853. The van der Waals surface area contributed by atoms with Crippen LogP contribution < -0.4 is 5.73 Å². The van der Waals surface area contributed by atoms with E-state index in [1.807, 2.05) is 19.1 Å². The van der Waals surface area contributed by atoms with Gasteiger partial charge in [0.15, 0.2) is 0 Å². The maximum absolute atomic E-state index is 12.3.